The van der Waals surface area contributed by atoms with Gasteiger partial charge in [-0.05, 0) is 31.5 Å². The highest BCUT2D eigenvalue weighted by molar-refractivity contribution is 7.94. The lowest BCUT2D eigenvalue weighted by atomic mass is 10.3. The Kier molecular flexibility index (Phi) is 5.02. The fourth-order valence-electron chi connectivity index (χ4n) is 1.83. The first-order valence-corrected chi connectivity index (χ1v) is 9.05. The molecule has 0 aromatic carbocycles. The predicted octanol–water partition coefficient (Wildman–Crippen LogP) is 2.09. The minimum atomic E-state index is -3.57. The summed E-state index contributed by atoms with van der Waals surface area (Å²) in [5, 5.41) is 7.32. The maximum Gasteiger partial charge on any atom is 0.272 e. The van der Waals surface area contributed by atoms with Crippen molar-refractivity contribution in [3.05, 3.63) is 28.8 Å². The second-order valence-electron chi connectivity index (χ2n) is 4.83. The Labute approximate surface area is 129 Å². The Hall–Kier alpha value is -1.38. The number of hydrogen-bond donors (Lipinski definition) is 2. The molecule has 0 spiro atoms. The van der Waals surface area contributed by atoms with E-state index in [0.29, 0.717) is 16.6 Å². The third-order valence-electron chi connectivity index (χ3n) is 2.93. The van der Waals surface area contributed by atoms with Crippen LogP contribution in [0.2, 0.25) is 0 Å². The summed E-state index contributed by atoms with van der Waals surface area (Å²) in [5.74, 6) is 0.328. The third kappa shape index (κ3) is 4.05. The average Bonchev–Trinajstić information content (AvgIpc) is 2.97. The highest BCUT2D eigenvalue weighted by Crippen LogP contribution is 2.27. The van der Waals surface area contributed by atoms with E-state index in [9.17, 15) is 8.42 Å². The molecule has 0 saturated carbocycles. The lowest BCUT2D eigenvalue weighted by Crippen LogP contribution is -2.13. The standard InChI is InChI=1S/C13H20N4O2S2/c1-4-6-14-9-11-10(2)8-13(20-11)21(18,19)16-12-5-7-17(3)15-12/h5,7-8,14H,4,6,9H2,1-3H3,(H,15,16). The van der Waals surface area contributed by atoms with E-state index in [1.54, 1.807) is 30.1 Å². The minimum Gasteiger partial charge on any atom is -0.312 e. The van der Waals surface area contributed by atoms with E-state index in [4.69, 9.17) is 0 Å². The molecule has 0 amide bonds. The second-order valence-corrected chi connectivity index (χ2v) is 7.87. The molecular formula is C13H20N4O2S2. The topological polar surface area (TPSA) is 76.0 Å². The molecule has 0 aliphatic heterocycles. The van der Waals surface area contributed by atoms with Gasteiger partial charge in [-0.15, -0.1) is 11.3 Å². The van der Waals surface area contributed by atoms with E-state index in [1.165, 1.54) is 11.3 Å². The molecule has 0 bridgehead atoms. The van der Waals surface area contributed by atoms with Crippen LogP contribution in [0.5, 0.6) is 0 Å². The number of rotatable bonds is 7. The third-order valence-corrected chi connectivity index (χ3v) is 5.99. The Morgan fingerprint density at radius 1 is 1.43 bits per heavy atom. The number of sulfonamides is 1. The Morgan fingerprint density at radius 3 is 2.81 bits per heavy atom. The number of thiophene rings is 1. The fourth-order valence-corrected chi connectivity index (χ4v) is 4.39. The van der Waals surface area contributed by atoms with Crippen molar-refractivity contribution in [2.24, 2.45) is 7.05 Å². The van der Waals surface area contributed by atoms with Crippen LogP contribution in [-0.4, -0.2) is 24.7 Å². The summed E-state index contributed by atoms with van der Waals surface area (Å²) < 4.78 is 29.0. The lowest BCUT2D eigenvalue weighted by Gasteiger charge is -2.02. The second kappa shape index (κ2) is 6.59. The fraction of sp³-hybridized carbons (Fsp3) is 0.462. The van der Waals surface area contributed by atoms with Gasteiger partial charge < -0.3 is 5.32 Å². The zero-order valence-electron chi connectivity index (χ0n) is 12.4. The van der Waals surface area contributed by atoms with Crippen molar-refractivity contribution in [1.82, 2.24) is 15.1 Å². The number of anilines is 1. The maximum absolute atomic E-state index is 12.3. The first-order chi connectivity index (χ1) is 9.92. The Morgan fingerprint density at radius 2 is 2.19 bits per heavy atom. The summed E-state index contributed by atoms with van der Waals surface area (Å²) in [6.45, 7) is 5.65. The van der Waals surface area contributed by atoms with Gasteiger partial charge in [0.2, 0.25) is 0 Å². The van der Waals surface area contributed by atoms with Crippen molar-refractivity contribution < 1.29 is 8.42 Å². The van der Waals surface area contributed by atoms with Crippen LogP contribution in [0.15, 0.2) is 22.5 Å². The van der Waals surface area contributed by atoms with Gasteiger partial charge in [-0.1, -0.05) is 6.92 Å². The van der Waals surface area contributed by atoms with Crippen LogP contribution in [0.25, 0.3) is 0 Å². The zero-order valence-corrected chi connectivity index (χ0v) is 14.0. The summed E-state index contributed by atoms with van der Waals surface area (Å²) in [6, 6.07) is 3.33. The molecule has 2 aromatic rings. The number of nitrogens with zero attached hydrogens (tertiary/aromatic N) is 2. The molecule has 2 aromatic heterocycles. The van der Waals surface area contributed by atoms with Crippen molar-refractivity contribution in [3.8, 4) is 0 Å². The molecule has 0 unspecified atom stereocenters. The van der Waals surface area contributed by atoms with Crippen molar-refractivity contribution in [2.45, 2.75) is 31.0 Å². The lowest BCUT2D eigenvalue weighted by molar-refractivity contribution is 0.602. The van der Waals surface area contributed by atoms with E-state index in [2.05, 4.69) is 22.1 Å². The number of hydrogen-bond acceptors (Lipinski definition) is 5. The summed E-state index contributed by atoms with van der Waals surface area (Å²) in [4.78, 5) is 1.05. The first kappa shape index (κ1) is 16.0. The van der Waals surface area contributed by atoms with Crippen LogP contribution < -0.4 is 10.0 Å². The van der Waals surface area contributed by atoms with E-state index < -0.39 is 10.0 Å². The average molecular weight is 328 g/mol. The summed E-state index contributed by atoms with van der Waals surface area (Å²) in [7, 11) is -1.83. The number of nitrogens with one attached hydrogen (secondary N) is 2. The molecule has 0 saturated heterocycles. The normalized spacial score (nSPS) is 11.8. The van der Waals surface area contributed by atoms with E-state index in [-0.39, 0.29) is 0 Å². The van der Waals surface area contributed by atoms with Crippen LogP contribution >= 0.6 is 11.3 Å². The number of aromatic nitrogens is 2. The van der Waals surface area contributed by atoms with Crippen LogP contribution in [0.4, 0.5) is 5.82 Å². The van der Waals surface area contributed by atoms with Gasteiger partial charge in [-0.2, -0.15) is 5.10 Å². The van der Waals surface area contributed by atoms with Gasteiger partial charge in [0.1, 0.15) is 4.21 Å². The molecule has 6 nitrogen and oxygen atoms in total. The molecule has 116 valence electrons. The van der Waals surface area contributed by atoms with Crippen molar-refractivity contribution in [2.75, 3.05) is 11.3 Å². The van der Waals surface area contributed by atoms with Gasteiger partial charge in [-0.25, -0.2) is 8.42 Å². The largest absolute Gasteiger partial charge is 0.312 e. The molecule has 2 N–H and O–H groups in total. The van der Waals surface area contributed by atoms with Crippen molar-refractivity contribution in [1.29, 1.82) is 0 Å². The predicted molar refractivity (Wildman–Crippen MR) is 85.1 cm³/mol. The molecule has 2 heterocycles. The summed E-state index contributed by atoms with van der Waals surface area (Å²) >= 11 is 1.30. The SMILES string of the molecule is CCCNCc1sc(S(=O)(=O)Nc2ccn(C)n2)cc1C. The maximum atomic E-state index is 12.3. The first-order valence-electron chi connectivity index (χ1n) is 6.75. The molecule has 0 fully saturated rings. The summed E-state index contributed by atoms with van der Waals surface area (Å²) in [6.07, 6.45) is 2.74. The molecule has 0 radical (unpaired) electrons. The van der Waals surface area contributed by atoms with Gasteiger partial charge in [-0.3, -0.25) is 9.40 Å². The van der Waals surface area contributed by atoms with Crippen molar-refractivity contribution >= 4 is 27.2 Å². The highest BCUT2D eigenvalue weighted by Gasteiger charge is 2.19. The quantitative estimate of drug-likeness (QED) is 0.763. The molecule has 0 aliphatic carbocycles. The van der Waals surface area contributed by atoms with E-state index in [1.807, 2.05) is 6.92 Å². The molecule has 2 rings (SSSR count). The Bertz CT molecular complexity index is 704. The molecule has 0 aliphatic rings. The molecular weight excluding hydrogens is 308 g/mol. The molecule has 8 heteroatoms. The van der Waals surface area contributed by atoms with Gasteiger partial charge in [0.25, 0.3) is 10.0 Å². The van der Waals surface area contributed by atoms with Crippen molar-refractivity contribution in [3.63, 3.8) is 0 Å². The van der Waals surface area contributed by atoms with Crippen LogP contribution in [0, 0.1) is 6.92 Å². The van der Waals surface area contributed by atoms with Gasteiger partial charge in [0.15, 0.2) is 5.82 Å². The zero-order chi connectivity index (χ0) is 15.5. The van der Waals surface area contributed by atoms with Crippen LogP contribution in [-0.2, 0) is 23.6 Å². The van der Waals surface area contributed by atoms with Gasteiger partial charge in [0, 0.05) is 30.7 Å². The number of aryl methyl sites for hydroxylation is 2. The Balaban J connectivity index is 2.14. The minimum absolute atomic E-state index is 0.318. The monoisotopic (exact) mass is 328 g/mol. The molecule has 0 atom stereocenters. The molecule has 21 heavy (non-hydrogen) atoms. The van der Waals surface area contributed by atoms with E-state index in [0.717, 1.165) is 23.4 Å². The van der Waals surface area contributed by atoms with Gasteiger partial charge >= 0.3 is 0 Å². The van der Waals surface area contributed by atoms with Crippen LogP contribution in [0.3, 0.4) is 0 Å². The summed E-state index contributed by atoms with van der Waals surface area (Å²) in [5.41, 5.74) is 0.991. The van der Waals surface area contributed by atoms with E-state index >= 15 is 0 Å². The smallest absolute Gasteiger partial charge is 0.272 e. The highest BCUT2D eigenvalue weighted by atomic mass is 32.2. The van der Waals surface area contributed by atoms with Crippen LogP contribution in [0.1, 0.15) is 23.8 Å². The van der Waals surface area contributed by atoms with Gasteiger partial charge in [0.05, 0.1) is 0 Å².